The molecule has 0 aromatic heterocycles. The first kappa shape index (κ1) is 23.9. The Morgan fingerprint density at radius 1 is 0.909 bits per heavy atom. The normalized spacial score (nSPS) is 58.2. The summed E-state index contributed by atoms with van der Waals surface area (Å²) in [7, 11) is 0. The third-order valence-electron chi connectivity index (χ3n) is 13.5. The molecule has 3 nitrogen and oxygen atoms in total. The minimum absolute atomic E-state index is 0.0311. The van der Waals surface area contributed by atoms with Crippen molar-refractivity contribution in [3.63, 3.8) is 0 Å². The van der Waals surface area contributed by atoms with Gasteiger partial charge in [-0.25, -0.2) is 0 Å². The molecule has 5 aliphatic carbocycles. The van der Waals surface area contributed by atoms with E-state index in [1.807, 2.05) is 6.92 Å². The summed E-state index contributed by atoms with van der Waals surface area (Å²) in [6.45, 7) is 17.0. The van der Waals surface area contributed by atoms with Crippen LogP contribution in [-0.2, 0) is 4.79 Å². The second-order valence-corrected chi connectivity index (χ2v) is 14.4. The van der Waals surface area contributed by atoms with Crippen LogP contribution >= 0.6 is 0 Å². The van der Waals surface area contributed by atoms with Gasteiger partial charge < -0.3 is 10.2 Å². The van der Waals surface area contributed by atoms with Gasteiger partial charge in [-0.15, -0.1) is 0 Å². The second kappa shape index (κ2) is 7.11. The zero-order valence-corrected chi connectivity index (χ0v) is 22.2. The fourth-order valence-corrected chi connectivity index (χ4v) is 10.8. The molecule has 3 unspecified atom stereocenters. The summed E-state index contributed by atoms with van der Waals surface area (Å²) in [5, 5.41) is 21.1. The molecular formula is C30H48O3. The number of hydrogen-bond donors (Lipinski definition) is 2. The van der Waals surface area contributed by atoms with Crippen LogP contribution in [0.2, 0.25) is 0 Å². The summed E-state index contributed by atoms with van der Waals surface area (Å²) in [5.41, 5.74) is 1.56. The molecule has 4 fully saturated rings. The zero-order valence-electron chi connectivity index (χ0n) is 22.2. The molecule has 0 saturated heterocycles. The lowest BCUT2D eigenvalue weighted by Gasteiger charge is -2.71. The van der Waals surface area contributed by atoms with E-state index < -0.39 is 17.5 Å². The summed E-state index contributed by atoms with van der Waals surface area (Å²) in [5.74, 6) is 1.96. The first-order chi connectivity index (χ1) is 15.3. The highest BCUT2D eigenvalue weighted by molar-refractivity contribution is 5.76. The van der Waals surface area contributed by atoms with Crippen LogP contribution in [0, 0.1) is 56.7 Å². The molecule has 0 radical (unpaired) electrons. The van der Waals surface area contributed by atoms with Crippen molar-refractivity contribution in [1.29, 1.82) is 0 Å². The average Bonchev–Trinajstić information content (AvgIpc) is 2.75. The fraction of sp³-hybridized carbons (Fsp3) is 0.900. The van der Waals surface area contributed by atoms with Gasteiger partial charge in [0.05, 0.1) is 11.5 Å². The molecule has 5 aliphatic rings. The minimum Gasteiger partial charge on any atom is -0.481 e. The lowest BCUT2D eigenvalue weighted by Crippen LogP contribution is -2.66. The molecule has 33 heavy (non-hydrogen) atoms. The lowest BCUT2D eigenvalue weighted by atomic mass is 9.33. The maximum absolute atomic E-state index is 12.5. The summed E-state index contributed by atoms with van der Waals surface area (Å²) in [4.78, 5) is 12.5. The summed E-state index contributed by atoms with van der Waals surface area (Å²) >= 11 is 0. The molecule has 0 amide bonds. The lowest BCUT2D eigenvalue weighted by molar-refractivity contribution is -0.217. The summed E-state index contributed by atoms with van der Waals surface area (Å²) < 4.78 is 0. The minimum atomic E-state index is -1.03. The van der Waals surface area contributed by atoms with Crippen molar-refractivity contribution in [3.8, 4) is 0 Å². The molecule has 186 valence electrons. The number of carboxylic acid groups (broad SMARTS) is 1. The molecule has 0 aromatic carbocycles. The van der Waals surface area contributed by atoms with E-state index in [-0.39, 0.29) is 22.2 Å². The molecule has 0 spiro atoms. The third kappa shape index (κ3) is 2.75. The van der Waals surface area contributed by atoms with Gasteiger partial charge in [-0.2, -0.15) is 0 Å². The van der Waals surface area contributed by atoms with Gasteiger partial charge in [0.1, 0.15) is 0 Å². The van der Waals surface area contributed by atoms with Crippen LogP contribution in [0.3, 0.4) is 0 Å². The number of hydrogen-bond acceptors (Lipinski definition) is 2. The van der Waals surface area contributed by atoms with Crippen molar-refractivity contribution < 1.29 is 15.0 Å². The molecule has 0 heterocycles. The fourth-order valence-electron chi connectivity index (χ4n) is 10.8. The largest absolute Gasteiger partial charge is 0.481 e. The van der Waals surface area contributed by atoms with E-state index in [0.29, 0.717) is 23.7 Å². The van der Waals surface area contributed by atoms with Crippen molar-refractivity contribution in [3.05, 3.63) is 11.6 Å². The molecule has 5 rings (SSSR count). The van der Waals surface area contributed by atoms with Crippen LogP contribution in [0.5, 0.6) is 0 Å². The maximum atomic E-state index is 12.5. The maximum Gasteiger partial charge on any atom is 0.312 e. The SMILES string of the molecule is C[C@@H]1CC[C@]2(C)CC[C@]3(C)C(=CCC4[C@@]5(C)CC[C@H](O)[C@](C)(C(=O)O)C5CC[C@]43C)C2[C@H]1C. The standard InChI is InChI=1S/C30H48O3/c1-18-10-13-26(3)16-17-28(5)20(24(26)19(18)2)8-9-21-27(4)14-12-23(31)30(7,25(32)33)22(27)11-15-29(21,28)6/h8,18-19,21-24,31H,9-17H2,1-7H3,(H,32,33)/t18-,19+,21?,22?,23+,24?,26-,27-,28-,29-,30-/m1/s1. The van der Waals surface area contributed by atoms with Gasteiger partial charge in [0.25, 0.3) is 0 Å². The molecule has 0 aromatic rings. The Kier molecular flexibility index (Phi) is 5.15. The van der Waals surface area contributed by atoms with Crippen molar-refractivity contribution in [2.75, 3.05) is 0 Å². The first-order valence-corrected chi connectivity index (χ1v) is 13.9. The van der Waals surface area contributed by atoms with Crippen LogP contribution in [0.4, 0.5) is 0 Å². The van der Waals surface area contributed by atoms with Crippen molar-refractivity contribution in [2.45, 2.75) is 112 Å². The molecule has 11 atom stereocenters. The van der Waals surface area contributed by atoms with Crippen LogP contribution < -0.4 is 0 Å². The quantitative estimate of drug-likeness (QED) is 0.414. The predicted octanol–water partition coefficient (Wildman–Crippen LogP) is 7.09. The molecular weight excluding hydrogens is 408 g/mol. The van der Waals surface area contributed by atoms with Gasteiger partial charge in [0.2, 0.25) is 0 Å². The second-order valence-electron chi connectivity index (χ2n) is 14.4. The van der Waals surface area contributed by atoms with Gasteiger partial charge >= 0.3 is 5.97 Å². The Bertz CT molecular complexity index is 878. The van der Waals surface area contributed by atoms with Gasteiger partial charge in [0.15, 0.2) is 0 Å². The van der Waals surface area contributed by atoms with Gasteiger partial charge in [-0.1, -0.05) is 53.2 Å². The van der Waals surface area contributed by atoms with E-state index in [2.05, 4.69) is 47.6 Å². The Labute approximate surface area is 201 Å². The first-order valence-electron chi connectivity index (χ1n) is 13.9. The third-order valence-corrected chi connectivity index (χ3v) is 13.5. The number of allylic oxidation sites excluding steroid dienone is 2. The number of fused-ring (bicyclic) bond motifs is 7. The molecule has 0 aliphatic heterocycles. The van der Waals surface area contributed by atoms with Gasteiger partial charge in [-0.3, -0.25) is 4.79 Å². The molecule has 0 bridgehead atoms. The highest BCUT2D eigenvalue weighted by Gasteiger charge is 2.69. The van der Waals surface area contributed by atoms with Crippen molar-refractivity contribution in [2.24, 2.45) is 56.7 Å². The number of carbonyl (C=O) groups is 1. The highest BCUT2D eigenvalue weighted by Crippen LogP contribution is 2.75. The van der Waals surface area contributed by atoms with Crippen molar-refractivity contribution >= 4 is 5.97 Å². The topological polar surface area (TPSA) is 57.5 Å². The Morgan fingerprint density at radius 2 is 1.61 bits per heavy atom. The van der Waals surface area contributed by atoms with Crippen LogP contribution in [0.15, 0.2) is 11.6 Å². The zero-order chi connectivity index (χ0) is 24.2. The number of aliphatic carboxylic acids is 1. The van der Waals surface area contributed by atoms with E-state index in [4.69, 9.17) is 0 Å². The van der Waals surface area contributed by atoms with E-state index in [9.17, 15) is 15.0 Å². The number of aliphatic hydroxyl groups excluding tert-OH is 1. The van der Waals surface area contributed by atoms with Crippen LogP contribution in [0.25, 0.3) is 0 Å². The molecule has 2 N–H and O–H groups in total. The predicted molar refractivity (Wildman–Crippen MR) is 133 cm³/mol. The smallest absolute Gasteiger partial charge is 0.312 e. The Morgan fingerprint density at radius 3 is 2.27 bits per heavy atom. The Hall–Kier alpha value is -0.830. The van der Waals surface area contributed by atoms with Crippen LogP contribution in [-0.4, -0.2) is 22.3 Å². The summed E-state index contributed by atoms with van der Waals surface area (Å²) in [6.07, 6.45) is 12.0. The Balaban J connectivity index is 1.60. The van der Waals surface area contributed by atoms with E-state index >= 15 is 0 Å². The number of aliphatic hydroxyl groups is 1. The van der Waals surface area contributed by atoms with E-state index in [1.54, 1.807) is 5.57 Å². The van der Waals surface area contributed by atoms with E-state index in [1.165, 1.54) is 25.7 Å². The van der Waals surface area contributed by atoms with Crippen LogP contribution in [0.1, 0.15) is 106 Å². The van der Waals surface area contributed by atoms with Crippen molar-refractivity contribution in [1.82, 2.24) is 0 Å². The molecule has 4 saturated carbocycles. The highest BCUT2D eigenvalue weighted by atomic mass is 16.4. The van der Waals surface area contributed by atoms with Gasteiger partial charge in [-0.05, 0) is 116 Å². The number of rotatable bonds is 1. The molecule has 3 heteroatoms. The average molecular weight is 457 g/mol. The summed E-state index contributed by atoms with van der Waals surface area (Å²) in [6, 6.07) is 0. The number of carboxylic acids is 1. The van der Waals surface area contributed by atoms with Gasteiger partial charge in [0, 0.05) is 0 Å². The monoisotopic (exact) mass is 456 g/mol. The van der Waals surface area contributed by atoms with E-state index in [0.717, 1.165) is 37.5 Å².